The summed E-state index contributed by atoms with van der Waals surface area (Å²) >= 11 is 0. The Morgan fingerprint density at radius 2 is 2.23 bits per heavy atom. The summed E-state index contributed by atoms with van der Waals surface area (Å²) in [6.45, 7) is 5.29. The van der Waals surface area contributed by atoms with Crippen LogP contribution in [0.4, 0.5) is 0 Å². The lowest BCUT2D eigenvalue weighted by Crippen LogP contribution is -2.41. The maximum Gasteiger partial charge on any atom is 0.290 e. The molecular weight excluding hydrogens is 334 g/mol. The fourth-order valence-corrected chi connectivity index (χ4v) is 3.13. The largest absolute Gasteiger partial charge is 0.484 e. The lowest BCUT2D eigenvalue weighted by molar-refractivity contribution is 0.0601. The first-order valence-corrected chi connectivity index (χ1v) is 8.45. The summed E-state index contributed by atoms with van der Waals surface area (Å²) in [6, 6.07) is 5.25. The van der Waals surface area contributed by atoms with Crippen molar-refractivity contribution in [1.82, 2.24) is 24.6 Å². The molecule has 4 heterocycles. The van der Waals surface area contributed by atoms with Crippen LogP contribution in [0.3, 0.4) is 0 Å². The van der Waals surface area contributed by atoms with Crippen LogP contribution in [0.1, 0.15) is 40.7 Å². The molecule has 134 valence electrons. The average molecular weight is 353 g/mol. The summed E-state index contributed by atoms with van der Waals surface area (Å²) in [7, 11) is 0. The number of carbonyl (C=O) groups excluding carboxylic acids is 1. The number of rotatable bonds is 4. The van der Waals surface area contributed by atoms with E-state index in [9.17, 15) is 4.79 Å². The number of pyridine rings is 1. The third-order valence-corrected chi connectivity index (χ3v) is 4.58. The van der Waals surface area contributed by atoms with Crippen molar-refractivity contribution < 1.29 is 13.9 Å². The second kappa shape index (κ2) is 6.62. The maximum atomic E-state index is 12.8. The molecule has 0 saturated carbocycles. The van der Waals surface area contributed by atoms with Gasteiger partial charge in [-0.05, 0) is 32.0 Å². The molecule has 8 nitrogen and oxygen atoms in total. The lowest BCUT2D eigenvalue weighted by atomic mass is 10.1. The minimum absolute atomic E-state index is 0.123. The normalized spacial score (nSPS) is 16.4. The molecule has 0 bridgehead atoms. The monoisotopic (exact) mass is 353 g/mol. The number of aryl methyl sites for hydroxylation is 1. The Labute approximate surface area is 150 Å². The fraction of sp³-hybridized carbons (Fsp3) is 0.333. The van der Waals surface area contributed by atoms with Gasteiger partial charge in [0.1, 0.15) is 12.4 Å². The van der Waals surface area contributed by atoms with Crippen LogP contribution in [-0.4, -0.2) is 37.1 Å². The van der Waals surface area contributed by atoms with E-state index in [1.165, 1.54) is 6.26 Å². The van der Waals surface area contributed by atoms with Crippen LogP contribution in [0.25, 0.3) is 0 Å². The van der Waals surface area contributed by atoms with Crippen LogP contribution < -0.4 is 4.74 Å². The van der Waals surface area contributed by atoms with Gasteiger partial charge in [-0.1, -0.05) is 0 Å². The quantitative estimate of drug-likeness (QED) is 0.716. The Morgan fingerprint density at radius 3 is 2.96 bits per heavy atom. The van der Waals surface area contributed by atoms with Gasteiger partial charge in [0, 0.05) is 24.8 Å². The summed E-state index contributed by atoms with van der Waals surface area (Å²) in [5, 5.41) is 8.52. The van der Waals surface area contributed by atoms with Crippen molar-refractivity contribution in [2.45, 2.75) is 33.0 Å². The second-order valence-corrected chi connectivity index (χ2v) is 6.21. The molecule has 26 heavy (non-hydrogen) atoms. The first-order valence-electron chi connectivity index (χ1n) is 8.45. The number of ether oxygens (including phenoxy) is 1. The standard InChI is InChI=1S/C18H19N5O3/c1-12-5-9-25-16(12)18(24)22-7-8-23-15(20-21-17(23)13(22)2)11-26-14-4-3-6-19-10-14/h3-6,9-10,13H,7-8,11H2,1-2H3/t13-/m0/s1. The smallest absolute Gasteiger partial charge is 0.290 e. The van der Waals surface area contributed by atoms with Gasteiger partial charge >= 0.3 is 0 Å². The predicted octanol–water partition coefficient (Wildman–Crippen LogP) is 2.37. The van der Waals surface area contributed by atoms with Gasteiger partial charge in [0.2, 0.25) is 0 Å². The van der Waals surface area contributed by atoms with E-state index in [2.05, 4.69) is 15.2 Å². The zero-order valence-electron chi connectivity index (χ0n) is 14.6. The molecule has 1 atom stereocenters. The first-order chi connectivity index (χ1) is 12.6. The van der Waals surface area contributed by atoms with E-state index in [-0.39, 0.29) is 11.9 Å². The molecule has 3 aromatic rings. The van der Waals surface area contributed by atoms with Crippen LogP contribution in [-0.2, 0) is 13.2 Å². The van der Waals surface area contributed by atoms with Crippen LogP contribution in [0.2, 0.25) is 0 Å². The van der Waals surface area contributed by atoms with Crippen molar-refractivity contribution in [3.05, 3.63) is 59.8 Å². The van der Waals surface area contributed by atoms with Gasteiger partial charge in [0.05, 0.1) is 18.5 Å². The van der Waals surface area contributed by atoms with Crippen molar-refractivity contribution in [3.63, 3.8) is 0 Å². The lowest BCUT2D eigenvalue weighted by Gasteiger charge is -2.33. The molecule has 0 aromatic carbocycles. The Hall–Kier alpha value is -3.16. The zero-order valence-corrected chi connectivity index (χ0v) is 14.6. The Morgan fingerprint density at radius 1 is 1.35 bits per heavy atom. The van der Waals surface area contributed by atoms with Gasteiger partial charge in [-0.15, -0.1) is 10.2 Å². The molecule has 1 amide bonds. The van der Waals surface area contributed by atoms with Crippen LogP contribution in [0.5, 0.6) is 5.75 Å². The minimum atomic E-state index is -0.194. The number of carbonyl (C=O) groups is 1. The topological polar surface area (TPSA) is 86.3 Å². The third-order valence-electron chi connectivity index (χ3n) is 4.58. The van der Waals surface area contributed by atoms with Crippen LogP contribution in [0.15, 0.2) is 41.3 Å². The number of furan rings is 1. The number of hydrogen-bond donors (Lipinski definition) is 0. The molecule has 0 spiro atoms. The SMILES string of the molecule is Cc1ccoc1C(=O)N1CCn2c(COc3cccnc3)nnc2[C@@H]1C. The molecule has 0 N–H and O–H groups in total. The highest BCUT2D eigenvalue weighted by Crippen LogP contribution is 2.27. The minimum Gasteiger partial charge on any atom is -0.484 e. The third kappa shape index (κ3) is 2.83. The van der Waals surface area contributed by atoms with E-state index >= 15 is 0 Å². The molecule has 0 aliphatic carbocycles. The van der Waals surface area contributed by atoms with Crippen molar-refractivity contribution in [2.24, 2.45) is 0 Å². The Bertz CT molecular complexity index is 918. The molecule has 0 fully saturated rings. The van der Waals surface area contributed by atoms with E-state index in [1.807, 2.05) is 30.5 Å². The zero-order chi connectivity index (χ0) is 18.1. The van der Waals surface area contributed by atoms with Gasteiger partial charge in [-0.25, -0.2) is 0 Å². The van der Waals surface area contributed by atoms with Crippen molar-refractivity contribution in [3.8, 4) is 5.75 Å². The summed E-state index contributed by atoms with van der Waals surface area (Å²) in [4.78, 5) is 18.6. The van der Waals surface area contributed by atoms with E-state index in [0.717, 1.165) is 17.2 Å². The number of amides is 1. The van der Waals surface area contributed by atoms with Gasteiger partial charge in [-0.3, -0.25) is 9.78 Å². The molecule has 4 rings (SSSR count). The average Bonchev–Trinajstić information content (AvgIpc) is 3.27. The number of hydrogen-bond acceptors (Lipinski definition) is 6. The van der Waals surface area contributed by atoms with E-state index in [0.29, 0.717) is 31.2 Å². The molecular formula is C18H19N5O3. The van der Waals surface area contributed by atoms with Gasteiger partial charge in [-0.2, -0.15) is 0 Å². The van der Waals surface area contributed by atoms with E-state index in [4.69, 9.17) is 9.15 Å². The molecule has 8 heteroatoms. The maximum absolute atomic E-state index is 12.8. The summed E-state index contributed by atoms with van der Waals surface area (Å²) < 4.78 is 13.1. The first kappa shape index (κ1) is 16.3. The second-order valence-electron chi connectivity index (χ2n) is 6.21. The molecule has 0 saturated heterocycles. The highest BCUT2D eigenvalue weighted by Gasteiger charge is 2.33. The molecule has 0 unspecified atom stereocenters. The molecule has 1 aliphatic heterocycles. The van der Waals surface area contributed by atoms with Crippen LogP contribution >= 0.6 is 0 Å². The highest BCUT2D eigenvalue weighted by atomic mass is 16.5. The van der Waals surface area contributed by atoms with Gasteiger partial charge in [0.25, 0.3) is 5.91 Å². The van der Waals surface area contributed by atoms with E-state index < -0.39 is 0 Å². The number of aromatic nitrogens is 4. The van der Waals surface area contributed by atoms with Gasteiger partial charge in [0.15, 0.2) is 17.4 Å². The fourth-order valence-electron chi connectivity index (χ4n) is 3.13. The number of fused-ring (bicyclic) bond motifs is 1. The van der Waals surface area contributed by atoms with Crippen LogP contribution in [0, 0.1) is 6.92 Å². The summed E-state index contributed by atoms with van der Waals surface area (Å²) in [6.07, 6.45) is 4.88. The molecule has 3 aromatic heterocycles. The summed E-state index contributed by atoms with van der Waals surface area (Å²) in [5.74, 6) is 2.42. The molecule has 0 radical (unpaired) electrons. The van der Waals surface area contributed by atoms with Crippen molar-refractivity contribution in [1.29, 1.82) is 0 Å². The van der Waals surface area contributed by atoms with Crippen molar-refractivity contribution >= 4 is 5.91 Å². The van der Waals surface area contributed by atoms with Crippen molar-refractivity contribution in [2.75, 3.05) is 6.54 Å². The number of nitrogens with zero attached hydrogens (tertiary/aromatic N) is 5. The molecule has 1 aliphatic rings. The Kier molecular flexibility index (Phi) is 4.16. The highest BCUT2D eigenvalue weighted by molar-refractivity contribution is 5.93. The van der Waals surface area contributed by atoms with E-state index in [1.54, 1.807) is 23.4 Å². The van der Waals surface area contributed by atoms with Gasteiger partial charge < -0.3 is 18.6 Å². The summed E-state index contributed by atoms with van der Waals surface area (Å²) in [5.41, 5.74) is 0.833. The predicted molar refractivity (Wildman–Crippen MR) is 91.5 cm³/mol. The Balaban J connectivity index is 1.51.